The van der Waals surface area contributed by atoms with Gasteiger partial charge >= 0.3 is 0 Å². The van der Waals surface area contributed by atoms with Crippen LogP contribution in [0, 0.1) is 5.82 Å². The Hall–Kier alpha value is -1.16. The van der Waals surface area contributed by atoms with E-state index in [4.69, 9.17) is 4.74 Å². The van der Waals surface area contributed by atoms with Crippen molar-refractivity contribution in [3.05, 3.63) is 29.6 Å². The molecular weight excluding hydrogens is 236 g/mol. The van der Waals surface area contributed by atoms with Crippen LogP contribution in [0.15, 0.2) is 18.2 Å². The largest absolute Gasteiger partial charge is 0.494 e. The molecule has 4 heteroatoms. The normalized spacial score (nSPS) is 24.6. The second-order valence-corrected chi connectivity index (χ2v) is 4.86. The Bertz CT molecular complexity index is 401. The summed E-state index contributed by atoms with van der Waals surface area (Å²) in [5.74, 6) is -0.253. The maximum Gasteiger partial charge on any atom is 0.168 e. The molecule has 1 aromatic rings. The quantitative estimate of drug-likeness (QED) is 0.896. The third-order valence-electron chi connectivity index (χ3n) is 3.50. The molecule has 1 N–H and O–H groups in total. The lowest BCUT2D eigenvalue weighted by atomic mass is 9.89. The molecule has 1 atom stereocenters. The summed E-state index contributed by atoms with van der Waals surface area (Å²) in [6, 6.07) is 4.89. The number of ether oxygens (including phenoxy) is 1. The van der Waals surface area contributed by atoms with E-state index in [9.17, 15) is 8.78 Å². The lowest BCUT2D eigenvalue weighted by Gasteiger charge is -2.23. The summed E-state index contributed by atoms with van der Waals surface area (Å²) in [6.45, 7) is 1.49. The zero-order valence-electron chi connectivity index (χ0n) is 10.6. The summed E-state index contributed by atoms with van der Waals surface area (Å²) in [4.78, 5) is 0. The monoisotopic (exact) mass is 255 g/mol. The van der Waals surface area contributed by atoms with Crippen LogP contribution in [-0.4, -0.2) is 25.9 Å². The zero-order valence-corrected chi connectivity index (χ0v) is 10.6. The van der Waals surface area contributed by atoms with Crippen LogP contribution in [0.3, 0.4) is 0 Å². The molecule has 0 aromatic heterocycles. The Labute approximate surface area is 106 Å². The van der Waals surface area contributed by atoms with Crippen molar-refractivity contribution in [3.8, 4) is 5.75 Å². The number of methoxy groups -OCH3 is 1. The second-order valence-electron chi connectivity index (χ2n) is 4.86. The fraction of sp³-hybridized carbons (Fsp3) is 0.571. The molecule has 1 aliphatic heterocycles. The molecule has 0 aliphatic carbocycles. The highest BCUT2D eigenvalue weighted by atomic mass is 19.1. The highest BCUT2D eigenvalue weighted by Crippen LogP contribution is 2.31. The lowest BCUT2D eigenvalue weighted by Crippen LogP contribution is -2.28. The van der Waals surface area contributed by atoms with Gasteiger partial charge < -0.3 is 10.1 Å². The van der Waals surface area contributed by atoms with Gasteiger partial charge in [-0.1, -0.05) is 12.1 Å². The molecule has 0 radical (unpaired) electrons. The smallest absolute Gasteiger partial charge is 0.168 e. The Morgan fingerprint density at radius 3 is 2.94 bits per heavy atom. The highest BCUT2D eigenvalue weighted by molar-refractivity contribution is 5.32. The van der Waals surface area contributed by atoms with Gasteiger partial charge in [0.1, 0.15) is 5.67 Å². The Balaban J connectivity index is 2.17. The van der Waals surface area contributed by atoms with Gasteiger partial charge in [-0.15, -0.1) is 0 Å². The standard InChI is InChI=1S/C14H19F2NO/c1-18-12-5-2-4-11(13(12)15)10-14(16)6-3-8-17-9-7-14/h2,4-5,17H,3,6-10H2,1H3. The molecule has 2 nitrogen and oxygen atoms in total. The predicted molar refractivity (Wildman–Crippen MR) is 67.2 cm³/mol. The molecule has 100 valence electrons. The molecule has 0 spiro atoms. The molecule has 0 bridgehead atoms. The summed E-state index contributed by atoms with van der Waals surface area (Å²) in [6.07, 6.45) is 1.83. The van der Waals surface area contributed by atoms with Gasteiger partial charge in [-0.3, -0.25) is 0 Å². The van der Waals surface area contributed by atoms with Crippen LogP contribution in [0.4, 0.5) is 8.78 Å². The van der Waals surface area contributed by atoms with Gasteiger partial charge in [0.05, 0.1) is 7.11 Å². The summed E-state index contributed by atoms with van der Waals surface area (Å²) in [5, 5.41) is 3.17. The van der Waals surface area contributed by atoms with Crippen LogP contribution in [0.5, 0.6) is 5.75 Å². The maximum atomic E-state index is 14.7. The number of rotatable bonds is 3. The van der Waals surface area contributed by atoms with Crippen molar-refractivity contribution < 1.29 is 13.5 Å². The number of halogens is 2. The van der Waals surface area contributed by atoms with Crippen LogP contribution in [0.2, 0.25) is 0 Å². The third kappa shape index (κ3) is 2.99. The molecule has 1 aromatic carbocycles. The van der Waals surface area contributed by atoms with E-state index in [-0.39, 0.29) is 12.2 Å². The Kier molecular flexibility index (Phi) is 4.17. The number of hydrogen-bond acceptors (Lipinski definition) is 2. The van der Waals surface area contributed by atoms with E-state index in [1.54, 1.807) is 18.2 Å². The molecule has 2 rings (SSSR count). The zero-order chi connectivity index (χ0) is 13.0. The van der Waals surface area contributed by atoms with Crippen molar-refractivity contribution >= 4 is 0 Å². The van der Waals surface area contributed by atoms with Crippen molar-refractivity contribution in [2.75, 3.05) is 20.2 Å². The van der Waals surface area contributed by atoms with Crippen LogP contribution in [0.1, 0.15) is 24.8 Å². The van der Waals surface area contributed by atoms with Gasteiger partial charge in [0.15, 0.2) is 11.6 Å². The van der Waals surface area contributed by atoms with Gasteiger partial charge in [-0.05, 0) is 44.0 Å². The number of alkyl halides is 1. The molecule has 18 heavy (non-hydrogen) atoms. The van der Waals surface area contributed by atoms with Crippen molar-refractivity contribution in [1.29, 1.82) is 0 Å². The minimum absolute atomic E-state index is 0.123. The number of benzene rings is 1. The molecule has 1 heterocycles. The fourth-order valence-electron chi connectivity index (χ4n) is 2.46. The first kappa shape index (κ1) is 13.3. The molecule has 1 aliphatic rings. The van der Waals surface area contributed by atoms with E-state index in [0.717, 1.165) is 13.0 Å². The van der Waals surface area contributed by atoms with Crippen LogP contribution in [-0.2, 0) is 6.42 Å². The lowest BCUT2D eigenvalue weighted by molar-refractivity contribution is 0.143. The van der Waals surface area contributed by atoms with Crippen LogP contribution < -0.4 is 10.1 Å². The predicted octanol–water partition coefficient (Wildman–Crippen LogP) is 2.86. The average molecular weight is 255 g/mol. The minimum Gasteiger partial charge on any atom is -0.494 e. The SMILES string of the molecule is COc1cccc(CC2(F)CCCNCC2)c1F. The molecule has 1 unspecified atom stereocenters. The summed E-state index contributed by atoms with van der Waals surface area (Å²) >= 11 is 0. The molecular formula is C14H19F2NO. The topological polar surface area (TPSA) is 21.3 Å². The van der Waals surface area contributed by atoms with Gasteiger partial charge in [0.2, 0.25) is 0 Å². The number of hydrogen-bond donors (Lipinski definition) is 1. The van der Waals surface area contributed by atoms with Crippen LogP contribution >= 0.6 is 0 Å². The first-order valence-corrected chi connectivity index (χ1v) is 6.36. The minimum atomic E-state index is -1.31. The summed E-state index contributed by atoms with van der Waals surface area (Å²) in [5.41, 5.74) is -0.907. The Morgan fingerprint density at radius 2 is 2.17 bits per heavy atom. The fourth-order valence-corrected chi connectivity index (χ4v) is 2.46. The van der Waals surface area contributed by atoms with E-state index in [0.29, 0.717) is 24.9 Å². The molecule has 0 saturated carbocycles. The summed E-state index contributed by atoms with van der Waals surface area (Å²) < 4.78 is 33.6. The molecule has 0 amide bonds. The van der Waals surface area contributed by atoms with Crippen molar-refractivity contribution in [2.45, 2.75) is 31.4 Å². The summed E-state index contributed by atoms with van der Waals surface area (Å²) in [7, 11) is 1.42. The second kappa shape index (κ2) is 5.65. The van der Waals surface area contributed by atoms with E-state index in [1.807, 2.05) is 0 Å². The number of nitrogens with one attached hydrogen (secondary N) is 1. The van der Waals surface area contributed by atoms with E-state index < -0.39 is 11.5 Å². The van der Waals surface area contributed by atoms with Gasteiger partial charge in [0.25, 0.3) is 0 Å². The van der Waals surface area contributed by atoms with E-state index >= 15 is 0 Å². The maximum absolute atomic E-state index is 14.7. The van der Waals surface area contributed by atoms with Crippen molar-refractivity contribution in [3.63, 3.8) is 0 Å². The van der Waals surface area contributed by atoms with Crippen molar-refractivity contribution in [2.24, 2.45) is 0 Å². The van der Waals surface area contributed by atoms with Crippen LogP contribution in [0.25, 0.3) is 0 Å². The average Bonchev–Trinajstić information content (AvgIpc) is 2.57. The van der Waals surface area contributed by atoms with E-state index in [2.05, 4.69) is 5.32 Å². The molecule has 1 fully saturated rings. The Morgan fingerprint density at radius 1 is 1.33 bits per heavy atom. The van der Waals surface area contributed by atoms with E-state index in [1.165, 1.54) is 7.11 Å². The highest BCUT2D eigenvalue weighted by Gasteiger charge is 2.31. The van der Waals surface area contributed by atoms with Gasteiger partial charge in [-0.2, -0.15) is 0 Å². The first-order chi connectivity index (χ1) is 8.64. The third-order valence-corrected chi connectivity index (χ3v) is 3.50. The molecule has 1 saturated heterocycles. The van der Waals surface area contributed by atoms with Gasteiger partial charge in [-0.25, -0.2) is 8.78 Å². The van der Waals surface area contributed by atoms with Crippen molar-refractivity contribution in [1.82, 2.24) is 5.32 Å². The first-order valence-electron chi connectivity index (χ1n) is 6.36. The van der Waals surface area contributed by atoms with Gasteiger partial charge in [0, 0.05) is 6.42 Å².